The van der Waals surface area contributed by atoms with E-state index >= 15 is 0 Å². The Morgan fingerprint density at radius 3 is 2.19 bits per heavy atom. The lowest BCUT2D eigenvalue weighted by molar-refractivity contribution is 0.0746. The largest absolute Gasteiger partial charge is 0.457 e. The summed E-state index contributed by atoms with van der Waals surface area (Å²) in [5.41, 5.74) is 7.00. The van der Waals surface area contributed by atoms with E-state index in [4.69, 9.17) is 10.5 Å². The molecule has 1 fully saturated rings. The van der Waals surface area contributed by atoms with Crippen LogP contribution in [0.15, 0.2) is 72.8 Å². The summed E-state index contributed by atoms with van der Waals surface area (Å²) in [6, 6.07) is 20.0. The minimum Gasteiger partial charge on any atom is -0.457 e. The third kappa shape index (κ3) is 4.83. The van der Waals surface area contributed by atoms with E-state index < -0.39 is 5.91 Å². The Balaban J connectivity index is 1.40. The van der Waals surface area contributed by atoms with Crippen molar-refractivity contribution in [2.45, 2.75) is 0 Å². The summed E-state index contributed by atoms with van der Waals surface area (Å²) in [5, 5.41) is 0. The van der Waals surface area contributed by atoms with Gasteiger partial charge >= 0.3 is 0 Å². The van der Waals surface area contributed by atoms with Crippen LogP contribution in [0.5, 0.6) is 11.5 Å². The number of carbonyl (C=O) groups is 2. The second-order valence-corrected chi connectivity index (χ2v) is 7.28. The van der Waals surface area contributed by atoms with Gasteiger partial charge in [-0.1, -0.05) is 12.1 Å². The van der Waals surface area contributed by atoms with E-state index in [0.717, 1.165) is 5.69 Å². The Labute approximate surface area is 179 Å². The molecule has 1 heterocycles. The van der Waals surface area contributed by atoms with Gasteiger partial charge in [-0.05, 0) is 60.7 Å². The van der Waals surface area contributed by atoms with Crippen LogP contribution in [0.2, 0.25) is 0 Å². The molecule has 3 aromatic carbocycles. The highest BCUT2D eigenvalue weighted by Gasteiger charge is 2.23. The SMILES string of the molecule is NC(=O)c1ccc(Oc2cccc(C(=O)N3CCN(c4cccc(F)c4)CC3)c2)cc1. The number of nitrogens with zero attached hydrogens (tertiary/aromatic N) is 2. The maximum absolute atomic E-state index is 13.5. The molecular formula is C24H22FN3O3. The van der Waals surface area contributed by atoms with Crippen LogP contribution in [0.4, 0.5) is 10.1 Å². The number of halogens is 1. The van der Waals surface area contributed by atoms with E-state index in [1.165, 1.54) is 12.1 Å². The van der Waals surface area contributed by atoms with Crippen molar-refractivity contribution in [3.63, 3.8) is 0 Å². The van der Waals surface area contributed by atoms with Crippen molar-refractivity contribution in [3.8, 4) is 11.5 Å². The van der Waals surface area contributed by atoms with E-state index in [0.29, 0.717) is 48.8 Å². The molecule has 4 rings (SSSR count). The van der Waals surface area contributed by atoms with E-state index in [-0.39, 0.29) is 11.7 Å². The van der Waals surface area contributed by atoms with Gasteiger partial charge in [0.25, 0.3) is 5.91 Å². The second kappa shape index (κ2) is 8.87. The first-order valence-electron chi connectivity index (χ1n) is 9.97. The minimum absolute atomic E-state index is 0.0755. The number of hydrogen-bond acceptors (Lipinski definition) is 4. The highest BCUT2D eigenvalue weighted by Crippen LogP contribution is 2.24. The first kappa shape index (κ1) is 20.4. The number of benzene rings is 3. The van der Waals surface area contributed by atoms with Crippen molar-refractivity contribution in [2.24, 2.45) is 5.73 Å². The fraction of sp³-hybridized carbons (Fsp3) is 0.167. The summed E-state index contributed by atoms with van der Waals surface area (Å²) in [4.78, 5) is 28.0. The number of ether oxygens (including phenoxy) is 1. The van der Waals surface area contributed by atoms with Gasteiger partial charge in [0, 0.05) is 43.0 Å². The zero-order valence-electron chi connectivity index (χ0n) is 16.8. The standard InChI is InChI=1S/C24H22FN3O3/c25-19-4-2-5-20(16-19)27-11-13-28(14-12-27)24(30)18-3-1-6-22(15-18)31-21-9-7-17(8-10-21)23(26)29/h1-10,15-16H,11-14H2,(H2,26,29). The lowest BCUT2D eigenvalue weighted by Crippen LogP contribution is -2.48. The fourth-order valence-corrected chi connectivity index (χ4v) is 3.54. The Bertz CT molecular complexity index is 1090. The molecule has 0 atom stereocenters. The summed E-state index contributed by atoms with van der Waals surface area (Å²) < 4.78 is 19.3. The number of rotatable bonds is 5. The van der Waals surface area contributed by atoms with Crippen LogP contribution in [-0.4, -0.2) is 42.9 Å². The lowest BCUT2D eigenvalue weighted by Gasteiger charge is -2.36. The van der Waals surface area contributed by atoms with Crippen molar-refractivity contribution in [2.75, 3.05) is 31.1 Å². The summed E-state index contributed by atoms with van der Waals surface area (Å²) in [6.45, 7) is 2.37. The van der Waals surface area contributed by atoms with E-state index in [1.807, 2.05) is 6.07 Å². The zero-order chi connectivity index (χ0) is 21.8. The first-order chi connectivity index (χ1) is 15.0. The van der Waals surface area contributed by atoms with Gasteiger partial charge in [0.1, 0.15) is 17.3 Å². The van der Waals surface area contributed by atoms with Crippen LogP contribution in [0, 0.1) is 5.82 Å². The number of piperazine rings is 1. The molecule has 0 radical (unpaired) electrons. The molecule has 31 heavy (non-hydrogen) atoms. The van der Waals surface area contributed by atoms with E-state index in [1.54, 1.807) is 59.5 Å². The maximum Gasteiger partial charge on any atom is 0.254 e. The van der Waals surface area contributed by atoms with Crippen LogP contribution in [-0.2, 0) is 0 Å². The maximum atomic E-state index is 13.5. The van der Waals surface area contributed by atoms with Gasteiger partial charge < -0.3 is 20.3 Å². The number of primary amides is 1. The Hall–Kier alpha value is -3.87. The molecule has 1 aliphatic heterocycles. The number of amides is 2. The molecule has 1 aliphatic rings. The Morgan fingerprint density at radius 1 is 0.806 bits per heavy atom. The van der Waals surface area contributed by atoms with Gasteiger partial charge in [-0.15, -0.1) is 0 Å². The second-order valence-electron chi connectivity index (χ2n) is 7.28. The topological polar surface area (TPSA) is 75.9 Å². The predicted molar refractivity (Wildman–Crippen MR) is 116 cm³/mol. The molecule has 1 saturated heterocycles. The molecule has 0 unspecified atom stereocenters. The molecule has 0 saturated carbocycles. The van der Waals surface area contributed by atoms with E-state index in [9.17, 15) is 14.0 Å². The third-order valence-corrected chi connectivity index (χ3v) is 5.20. The molecule has 158 valence electrons. The molecule has 2 amide bonds. The van der Waals surface area contributed by atoms with Crippen molar-refractivity contribution < 1.29 is 18.7 Å². The van der Waals surface area contributed by atoms with Gasteiger partial charge in [0.05, 0.1) is 0 Å². The van der Waals surface area contributed by atoms with Gasteiger partial charge in [-0.25, -0.2) is 4.39 Å². The zero-order valence-corrected chi connectivity index (χ0v) is 16.8. The number of carbonyl (C=O) groups excluding carboxylic acids is 2. The monoisotopic (exact) mass is 419 g/mol. The molecule has 2 N–H and O–H groups in total. The molecule has 6 nitrogen and oxygen atoms in total. The van der Waals surface area contributed by atoms with Crippen molar-refractivity contribution >= 4 is 17.5 Å². The number of anilines is 1. The average molecular weight is 419 g/mol. The lowest BCUT2D eigenvalue weighted by atomic mass is 10.1. The van der Waals surface area contributed by atoms with Crippen LogP contribution < -0.4 is 15.4 Å². The summed E-state index contributed by atoms with van der Waals surface area (Å²) in [6.07, 6.45) is 0. The number of nitrogens with two attached hydrogens (primary N) is 1. The molecule has 0 spiro atoms. The molecule has 7 heteroatoms. The van der Waals surface area contributed by atoms with Gasteiger partial charge in [0.2, 0.25) is 5.91 Å². The van der Waals surface area contributed by atoms with E-state index in [2.05, 4.69) is 4.90 Å². The quantitative estimate of drug-likeness (QED) is 0.685. The molecule has 0 aromatic heterocycles. The van der Waals surface area contributed by atoms with Crippen LogP contribution in [0.3, 0.4) is 0 Å². The fourth-order valence-electron chi connectivity index (χ4n) is 3.54. The van der Waals surface area contributed by atoms with Crippen LogP contribution in [0.25, 0.3) is 0 Å². The summed E-state index contributed by atoms with van der Waals surface area (Å²) in [5.74, 6) is 0.219. The normalized spacial score (nSPS) is 13.7. The molecule has 0 bridgehead atoms. The molecular weight excluding hydrogens is 397 g/mol. The summed E-state index contributed by atoms with van der Waals surface area (Å²) in [7, 11) is 0. The Morgan fingerprint density at radius 2 is 1.52 bits per heavy atom. The van der Waals surface area contributed by atoms with Crippen molar-refractivity contribution in [3.05, 3.63) is 89.7 Å². The van der Waals surface area contributed by atoms with Crippen molar-refractivity contribution in [1.29, 1.82) is 0 Å². The Kier molecular flexibility index (Phi) is 5.84. The van der Waals surface area contributed by atoms with Gasteiger partial charge in [0.15, 0.2) is 0 Å². The smallest absolute Gasteiger partial charge is 0.254 e. The van der Waals surface area contributed by atoms with Gasteiger partial charge in [-0.3, -0.25) is 9.59 Å². The first-order valence-corrected chi connectivity index (χ1v) is 9.97. The minimum atomic E-state index is -0.503. The van der Waals surface area contributed by atoms with Crippen LogP contribution in [0.1, 0.15) is 20.7 Å². The molecule has 0 aliphatic carbocycles. The highest BCUT2D eigenvalue weighted by molar-refractivity contribution is 5.95. The van der Waals surface area contributed by atoms with Crippen LogP contribution >= 0.6 is 0 Å². The molecule has 3 aromatic rings. The van der Waals surface area contributed by atoms with Crippen molar-refractivity contribution in [1.82, 2.24) is 4.90 Å². The highest BCUT2D eigenvalue weighted by atomic mass is 19.1. The average Bonchev–Trinajstić information content (AvgIpc) is 2.79. The number of hydrogen-bond donors (Lipinski definition) is 1. The third-order valence-electron chi connectivity index (χ3n) is 5.20. The summed E-state index contributed by atoms with van der Waals surface area (Å²) >= 11 is 0. The predicted octanol–water partition coefficient (Wildman–Crippen LogP) is 3.68. The van der Waals surface area contributed by atoms with Gasteiger partial charge in [-0.2, -0.15) is 0 Å².